The van der Waals surface area contributed by atoms with Crippen LogP contribution in [-0.4, -0.2) is 36.9 Å². The van der Waals surface area contributed by atoms with E-state index in [0.717, 1.165) is 0 Å². The number of nitrogens with zero attached hydrogens (tertiary/aromatic N) is 2. The van der Waals surface area contributed by atoms with Gasteiger partial charge in [0.2, 0.25) is 0 Å². The molecular formula is C17H24ClN3O3. The third kappa shape index (κ3) is 4.61. The van der Waals surface area contributed by atoms with Gasteiger partial charge >= 0.3 is 0 Å². The van der Waals surface area contributed by atoms with Crippen molar-refractivity contribution < 1.29 is 14.0 Å². The summed E-state index contributed by atoms with van der Waals surface area (Å²) in [5, 5.41) is 7.60. The molecule has 0 amide bonds. The largest absolute Gasteiger partial charge is 0.493 e. The summed E-state index contributed by atoms with van der Waals surface area (Å²) in [6, 6.07) is 3.80. The molecule has 6 nitrogen and oxygen atoms in total. The first-order chi connectivity index (χ1) is 11.4. The Morgan fingerprint density at radius 1 is 1.29 bits per heavy atom. The highest BCUT2D eigenvalue weighted by atomic mass is 35.5. The van der Waals surface area contributed by atoms with Gasteiger partial charge in [0.05, 0.1) is 18.7 Å². The number of hydrogen-bond donors (Lipinski definition) is 1. The molecule has 7 heteroatoms. The fraction of sp³-hybridized carbons (Fsp3) is 0.529. The lowest BCUT2D eigenvalue weighted by molar-refractivity contribution is 0.257. The third-order valence-electron chi connectivity index (χ3n) is 3.49. The molecule has 2 rings (SSSR count). The zero-order valence-electron chi connectivity index (χ0n) is 14.7. The summed E-state index contributed by atoms with van der Waals surface area (Å²) >= 11 is 6.36. The summed E-state index contributed by atoms with van der Waals surface area (Å²) in [5.74, 6) is 2.51. The fourth-order valence-electron chi connectivity index (χ4n) is 2.06. The van der Waals surface area contributed by atoms with E-state index in [4.69, 9.17) is 25.6 Å². The van der Waals surface area contributed by atoms with E-state index in [2.05, 4.69) is 36.2 Å². The second-order valence-corrected chi connectivity index (χ2v) is 6.51. The van der Waals surface area contributed by atoms with Crippen LogP contribution in [0, 0.1) is 5.92 Å². The number of likely N-dealkylation sites (N-methyl/N-ethyl adjacent to an activating group) is 1. The molecule has 0 saturated heterocycles. The number of rotatable bonds is 8. The second kappa shape index (κ2) is 8.35. The molecule has 1 heterocycles. The van der Waals surface area contributed by atoms with Crippen LogP contribution in [0.2, 0.25) is 5.02 Å². The molecule has 1 unspecified atom stereocenters. The number of nitrogens with one attached hydrogen (secondary N) is 1. The van der Waals surface area contributed by atoms with Gasteiger partial charge in [0.1, 0.15) is 0 Å². The van der Waals surface area contributed by atoms with Crippen molar-refractivity contribution in [2.24, 2.45) is 5.92 Å². The maximum Gasteiger partial charge on any atom is 0.258 e. The SMILES string of the molecule is CNC(C)Cc1noc(-c2cc(Cl)c(OCC(C)C)c(OC)c2)n1. The molecule has 0 spiro atoms. The van der Waals surface area contributed by atoms with Crippen LogP contribution in [0.3, 0.4) is 0 Å². The minimum Gasteiger partial charge on any atom is -0.493 e. The smallest absolute Gasteiger partial charge is 0.258 e. The van der Waals surface area contributed by atoms with Crippen LogP contribution in [0.15, 0.2) is 16.7 Å². The Kier molecular flexibility index (Phi) is 6.45. The van der Waals surface area contributed by atoms with Crippen LogP contribution < -0.4 is 14.8 Å². The molecule has 0 saturated carbocycles. The standard InChI is InChI=1S/C17H24ClN3O3/c1-10(2)9-23-16-13(18)7-12(8-14(16)22-5)17-20-15(21-24-17)6-11(3)19-4/h7-8,10-11,19H,6,9H2,1-5H3. The predicted octanol–water partition coefficient (Wildman–Crippen LogP) is 3.58. The number of methoxy groups -OCH3 is 1. The first-order valence-electron chi connectivity index (χ1n) is 7.95. The Morgan fingerprint density at radius 3 is 2.67 bits per heavy atom. The number of hydrogen-bond acceptors (Lipinski definition) is 6. The molecule has 0 aliphatic heterocycles. The normalized spacial score (nSPS) is 12.5. The zero-order chi connectivity index (χ0) is 17.7. The van der Waals surface area contributed by atoms with Crippen molar-refractivity contribution >= 4 is 11.6 Å². The number of aromatic nitrogens is 2. The van der Waals surface area contributed by atoms with E-state index in [9.17, 15) is 0 Å². The molecule has 1 aromatic heterocycles. The van der Waals surface area contributed by atoms with E-state index in [0.29, 0.717) is 52.7 Å². The zero-order valence-corrected chi connectivity index (χ0v) is 15.5. The van der Waals surface area contributed by atoms with Crippen LogP contribution in [0.5, 0.6) is 11.5 Å². The van der Waals surface area contributed by atoms with Crippen molar-refractivity contribution in [3.8, 4) is 23.0 Å². The molecule has 132 valence electrons. The maximum absolute atomic E-state index is 6.36. The van der Waals surface area contributed by atoms with Gasteiger partial charge in [0, 0.05) is 18.0 Å². The van der Waals surface area contributed by atoms with Gasteiger partial charge in [-0.05, 0) is 32.0 Å². The van der Waals surface area contributed by atoms with E-state index in [-0.39, 0.29) is 6.04 Å². The van der Waals surface area contributed by atoms with Gasteiger partial charge in [0.15, 0.2) is 17.3 Å². The van der Waals surface area contributed by atoms with Crippen molar-refractivity contribution in [2.45, 2.75) is 33.2 Å². The molecule has 1 atom stereocenters. The van der Waals surface area contributed by atoms with Crippen molar-refractivity contribution in [1.82, 2.24) is 15.5 Å². The fourth-order valence-corrected chi connectivity index (χ4v) is 2.33. The predicted molar refractivity (Wildman–Crippen MR) is 93.9 cm³/mol. The van der Waals surface area contributed by atoms with Gasteiger partial charge in [0.25, 0.3) is 5.89 Å². The Hall–Kier alpha value is -1.79. The average molecular weight is 354 g/mol. The van der Waals surface area contributed by atoms with Gasteiger partial charge in [-0.2, -0.15) is 4.98 Å². The molecule has 2 aromatic rings. The minimum atomic E-state index is 0.264. The summed E-state index contributed by atoms with van der Waals surface area (Å²) in [7, 11) is 3.47. The number of benzene rings is 1. The van der Waals surface area contributed by atoms with Gasteiger partial charge in [-0.3, -0.25) is 0 Å². The lowest BCUT2D eigenvalue weighted by atomic mass is 10.2. The van der Waals surface area contributed by atoms with Crippen LogP contribution >= 0.6 is 11.6 Å². The minimum absolute atomic E-state index is 0.264. The highest BCUT2D eigenvalue weighted by Gasteiger charge is 2.17. The Balaban J connectivity index is 2.26. The van der Waals surface area contributed by atoms with Crippen LogP contribution in [0.25, 0.3) is 11.5 Å². The molecule has 0 aliphatic rings. The van der Waals surface area contributed by atoms with Gasteiger partial charge in [-0.25, -0.2) is 0 Å². The van der Waals surface area contributed by atoms with Crippen molar-refractivity contribution in [3.05, 3.63) is 23.0 Å². The summed E-state index contributed by atoms with van der Waals surface area (Å²) in [4.78, 5) is 4.42. The topological polar surface area (TPSA) is 69.4 Å². The van der Waals surface area contributed by atoms with E-state index in [1.54, 1.807) is 19.2 Å². The highest BCUT2D eigenvalue weighted by Crippen LogP contribution is 2.39. The lowest BCUT2D eigenvalue weighted by Gasteiger charge is -2.14. The summed E-state index contributed by atoms with van der Waals surface area (Å²) in [5.41, 5.74) is 0.699. The molecule has 0 aliphatic carbocycles. The van der Waals surface area contributed by atoms with E-state index in [1.165, 1.54) is 0 Å². The summed E-state index contributed by atoms with van der Waals surface area (Å²) in [6.45, 7) is 6.75. The molecule has 1 aromatic carbocycles. The van der Waals surface area contributed by atoms with Crippen LogP contribution in [0.4, 0.5) is 0 Å². The van der Waals surface area contributed by atoms with Gasteiger partial charge in [-0.15, -0.1) is 0 Å². The monoisotopic (exact) mass is 353 g/mol. The summed E-state index contributed by atoms with van der Waals surface area (Å²) in [6.07, 6.45) is 0.681. The van der Waals surface area contributed by atoms with Crippen molar-refractivity contribution in [2.75, 3.05) is 20.8 Å². The molecule has 0 fully saturated rings. The first kappa shape index (κ1) is 18.5. The maximum atomic E-state index is 6.36. The van der Waals surface area contributed by atoms with E-state index in [1.807, 2.05) is 7.05 Å². The molecule has 1 N–H and O–H groups in total. The van der Waals surface area contributed by atoms with Crippen molar-refractivity contribution in [1.29, 1.82) is 0 Å². The van der Waals surface area contributed by atoms with E-state index >= 15 is 0 Å². The van der Waals surface area contributed by atoms with Crippen LogP contribution in [0.1, 0.15) is 26.6 Å². The molecular weight excluding hydrogens is 330 g/mol. The first-order valence-corrected chi connectivity index (χ1v) is 8.33. The molecule has 0 radical (unpaired) electrons. The summed E-state index contributed by atoms with van der Waals surface area (Å²) < 4.78 is 16.5. The average Bonchev–Trinajstić information content (AvgIpc) is 3.01. The van der Waals surface area contributed by atoms with Gasteiger partial charge < -0.3 is 19.3 Å². The quantitative estimate of drug-likeness (QED) is 0.782. The van der Waals surface area contributed by atoms with Crippen molar-refractivity contribution in [3.63, 3.8) is 0 Å². The molecule has 0 bridgehead atoms. The Bertz CT molecular complexity index is 673. The highest BCUT2D eigenvalue weighted by molar-refractivity contribution is 6.32. The van der Waals surface area contributed by atoms with E-state index < -0.39 is 0 Å². The Morgan fingerprint density at radius 2 is 2.04 bits per heavy atom. The Labute approximate surface area is 147 Å². The number of ether oxygens (including phenoxy) is 2. The second-order valence-electron chi connectivity index (χ2n) is 6.10. The van der Waals surface area contributed by atoms with Crippen LogP contribution in [-0.2, 0) is 6.42 Å². The third-order valence-corrected chi connectivity index (χ3v) is 3.77. The lowest BCUT2D eigenvalue weighted by Crippen LogP contribution is -2.24. The van der Waals surface area contributed by atoms with Gasteiger partial charge in [-0.1, -0.05) is 30.6 Å². The molecule has 24 heavy (non-hydrogen) atoms. The number of halogens is 1.